The summed E-state index contributed by atoms with van der Waals surface area (Å²) in [7, 11) is 0. The molecule has 0 unspecified atom stereocenters. The molecule has 0 saturated carbocycles. The van der Waals surface area contributed by atoms with Crippen LogP contribution in [-0.4, -0.2) is 44.8 Å². The molecule has 0 spiro atoms. The molecular formula is C20H20ClN5O3. The minimum absolute atomic E-state index is 0.174. The summed E-state index contributed by atoms with van der Waals surface area (Å²) in [6.07, 6.45) is -0.242. The Bertz CT molecular complexity index is 1050. The van der Waals surface area contributed by atoms with Crippen LogP contribution >= 0.6 is 11.6 Å². The number of nitrogens with two attached hydrogens (primary N) is 2. The number of aliphatic hydroxyl groups excluding tert-OH is 1. The van der Waals surface area contributed by atoms with Crippen molar-refractivity contribution in [3.8, 4) is 0 Å². The Morgan fingerprint density at radius 1 is 1.14 bits per heavy atom. The van der Waals surface area contributed by atoms with Crippen LogP contribution in [0.15, 0.2) is 59.7 Å². The van der Waals surface area contributed by atoms with Gasteiger partial charge in [-0.1, -0.05) is 48.0 Å². The molecule has 1 heterocycles. The lowest BCUT2D eigenvalue weighted by molar-refractivity contribution is -0.0577. The fourth-order valence-corrected chi connectivity index (χ4v) is 3.16. The largest absolute Gasteiger partial charge is 0.370 e. The lowest BCUT2D eigenvalue weighted by atomic mass is 10.1. The Balaban J connectivity index is 2.02. The fraction of sp³-hybridized carbons (Fsp3) is 0.150. The lowest BCUT2D eigenvalue weighted by Crippen LogP contribution is -2.37. The van der Waals surface area contributed by atoms with Gasteiger partial charge in [-0.25, -0.2) is 4.98 Å². The van der Waals surface area contributed by atoms with Crippen molar-refractivity contribution in [2.75, 3.05) is 6.54 Å². The number of pyridine rings is 1. The van der Waals surface area contributed by atoms with Crippen molar-refractivity contribution in [2.24, 2.45) is 16.5 Å². The van der Waals surface area contributed by atoms with E-state index in [2.05, 4.69) is 9.98 Å². The smallest absolute Gasteiger partial charge is 0.254 e. The van der Waals surface area contributed by atoms with E-state index in [4.69, 9.17) is 23.1 Å². The van der Waals surface area contributed by atoms with E-state index in [0.29, 0.717) is 21.4 Å². The van der Waals surface area contributed by atoms with E-state index < -0.39 is 6.29 Å². The number of benzene rings is 2. The summed E-state index contributed by atoms with van der Waals surface area (Å²) in [5, 5.41) is 20.4. The van der Waals surface area contributed by atoms with Gasteiger partial charge in [-0.05, 0) is 17.7 Å². The molecule has 2 aromatic carbocycles. The Morgan fingerprint density at radius 2 is 1.86 bits per heavy atom. The van der Waals surface area contributed by atoms with Crippen LogP contribution in [0.2, 0.25) is 5.02 Å². The van der Waals surface area contributed by atoms with Gasteiger partial charge in [-0.15, -0.1) is 0 Å². The van der Waals surface area contributed by atoms with Crippen molar-refractivity contribution in [1.29, 1.82) is 0 Å². The van der Waals surface area contributed by atoms with E-state index in [9.17, 15) is 15.0 Å². The average molecular weight is 414 g/mol. The minimum atomic E-state index is -1.67. The molecule has 9 heteroatoms. The summed E-state index contributed by atoms with van der Waals surface area (Å²) in [6.45, 7) is -0.0375. The second-order valence-electron chi connectivity index (χ2n) is 6.38. The molecule has 0 aliphatic carbocycles. The molecule has 0 radical (unpaired) electrons. The van der Waals surface area contributed by atoms with Gasteiger partial charge in [0.15, 0.2) is 18.1 Å². The van der Waals surface area contributed by atoms with Gasteiger partial charge in [-0.2, -0.15) is 4.99 Å². The van der Waals surface area contributed by atoms with Gasteiger partial charge in [0, 0.05) is 29.1 Å². The number of aliphatic imine (C=N–C) groups is 1. The van der Waals surface area contributed by atoms with Crippen LogP contribution < -0.4 is 11.5 Å². The number of nitrogens with zero attached hydrogens (tertiary/aromatic N) is 3. The standard InChI is InChI=1S/C20H20ClN5O3/c21-16-9-24-18(25-20(22)23)15-8-13(6-7-14(15)16)19(29)26(11-17(27)28)10-12-4-2-1-3-5-12/h1-9,17,27-28H,10-11H2,(H4,22,23,24,25). The number of aromatic nitrogens is 1. The lowest BCUT2D eigenvalue weighted by Gasteiger charge is -2.24. The highest BCUT2D eigenvalue weighted by molar-refractivity contribution is 6.35. The minimum Gasteiger partial charge on any atom is -0.370 e. The first-order chi connectivity index (χ1) is 13.8. The van der Waals surface area contributed by atoms with Crippen LogP contribution in [0.5, 0.6) is 0 Å². The summed E-state index contributed by atoms with van der Waals surface area (Å²) in [5.74, 6) is -0.331. The van der Waals surface area contributed by atoms with Crippen molar-refractivity contribution >= 4 is 40.1 Å². The number of rotatable bonds is 6. The van der Waals surface area contributed by atoms with Crippen LogP contribution in [0.1, 0.15) is 15.9 Å². The average Bonchev–Trinajstić information content (AvgIpc) is 2.69. The summed E-state index contributed by atoms with van der Waals surface area (Å²) in [4.78, 5) is 22.6. The van der Waals surface area contributed by atoms with Crippen molar-refractivity contribution in [3.05, 3.63) is 70.9 Å². The van der Waals surface area contributed by atoms with E-state index in [1.54, 1.807) is 18.2 Å². The van der Waals surface area contributed by atoms with E-state index in [1.807, 2.05) is 30.3 Å². The number of hydrogen-bond donors (Lipinski definition) is 4. The van der Waals surface area contributed by atoms with Gasteiger partial charge in [-0.3, -0.25) is 4.79 Å². The third-order valence-electron chi connectivity index (χ3n) is 4.19. The van der Waals surface area contributed by atoms with Gasteiger partial charge >= 0.3 is 0 Å². The fourth-order valence-electron chi connectivity index (χ4n) is 2.94. The molecule has 0 bridgehead atoms. The number of aliphatic hydroxyl groups is 2. The first kappa shape index (κ1) is 20.5. The molecule has 0 fully saturated rings. The molecule has 3 aromatic rings. The summed E-state index contributed by atoms with van der Waals surface area (Å²) in [5.41, 5.74) is 12.1. The molecule has 0 aliphatic rings. The Morgan fingerprint density at radius 3 is 2.52 bits per heavy atom. The topological polar surface area (TPSA) is 138 Å². The van der Waals surface area contributed by atoms with Gasteiger partial charge in [0.1, 0.15) is 0 Å². The normalized spacial score (nSPS) is 10.9. The Kier molecular flexibility index (Phi) is 6.28. The maximum Gasteiger partial charge on any atom is 0.254 e. The molecule has 6 N–H and O–H groups in total. The number of amides is 1. The van der Waals surface area contributed by atoms with Crippen LogP contribution in [0.3, 0.4) is 0 Å². The van der Waals surface area contributed by atoms with Crippen LogP contribution in [0.25, 0.3) is 10.8 Å². The molecule has 1 amide bonds. The monoisotopic (exact) mass is 413 g/mol. The van der Waals surface area contributed by atoms with E-state index in [0.717, 1.165) is 5.56 Å². The molecule has 0 saturated heterocycles. The predicted molar refractivity (Wildman–Crippen MR) is 112 cm³/mol. The zero-order valence-electron chi connectivity index (χ0n) is 15.4. The molecule has 0 atom stereocenters. The van der Waals surface area contributed by atoms with E-state index in [1.165, 1.54) is 11.1 Å². The van der Waals surface area contributed by atoms with Crippen LogP contribution in [0.4, 0.5) is 5.82 Å². The van der Waals surface area contributed by atoms with E-state index >= 15 is 0 Å². The Labute approximate surface area is 172 Å². The summed E-state index contributed by atoms with van der Waals surface area (Å²) >= 11 is 6.20. The van der Waals surface area contributed by atoms with Crippen molar-refractivity contribution < 1.29 is 15.0 Å². The second-order valence-corrected chi connectivity index (χ2v) is 6.79. The highest BCUT2D eigenvalue weighted by Crippen LogP contribution is 2.30. The van der Waals surface area contributed by atoms with E-state index in [-0.39, 0.29) is 30.8 Å². The van der Waals surface area contributed by atoms with Crippen LogP contribution in [0, 0.1) is 0 Å². The third kappa shape index (κ3) is 5.00. The SMILES string of the molecule is NC(N)=Nc1ncc(Cl)c2ccc(C(=O)N(Cc3ccccc3)CC(O)O)cc12. The number of fused-ring (bicyclic) bond motifs is 1. The zero-order chi connectivity index (χ0) is 21.0. The first-order valence-corrected chi connectivity index (χ1v) is 9.10. The molecule has 1 aromatic heterocycles. The van der Waals surface area contributed by atoms with Crippen molar-refractivity contribution in [2.45, 2.75) is 12.8 Å². The van der Waals surface area contributed by atoms with Gasteiger partial charge in [0.2, 0.25) is 0 Å². The van der Waals surface area contributed by atoms with Gasteiger partial charge < -0.3 is 26.6 Å². The first-order valence-electron chi connectivity index (χ1n) is 8.72. The summed E-state index contributed by atoms with van der Waals surface area (Å²) < 4.78 is 0. The number of carbonyl (C=O) groups is 1. The maximum atomic E-state index is 13.1. The van der Waals surface area contributed by atoms with Gasteiger partial charge in [0.25, 0.3) is 5.91 Å². The predicted octanol–water partition coefficient (Wildman–Crippen LogP) is 1.75. The quantitative estimate of drug-likeness (QED) is 0.276. The van der Waals surface area contributed by atoms with Gasteiger partial charge in [0.05, 0.1) is 11.6 Å². The second kappa shape index (κ2) is 8.87. The molecule has 29 heavy (non-hydrogen) atoms. The van der Waals surface area contributed by atoms with Crippen LogP contribution in [-0.2, 0) is 6.54 Å². The number of carbonyl (C=O) groups excluding carboxylic acids is 1. The third-order valence-corrected chi connectivity index (χ3v) is 4.49. The van der Waals surface area contributed by atoms with Crippen molar-refractivity contribution in [3.63, 3.8) is 0 Å². The highest BCUT2D eigenvalue weighted by atomic mass is 35.5. The summed E-state index contributed by atoms with van der Waals surface area (Å²) in [6, 6.07) is 14.1. The molecule has 3 rings (SSSR count). The van der Waals surface area contributed by atoms with Crippen molar-refractivity contribution in [1.82, 2.24) is 9.88 Å². The Hall–Kier alpha value is -3.20. The molecule has 8 nitrogen and oxygen atoms in total. The maximum absolute atomic E-state index is 13.1. The molecule has 0 aliphatic heterocycles. The highest BCUT2D eigenvalue weighted by Gasteiger charge is 2.20. The molecule has 150 valence electrons. The zero-order valence-corrected chi connectivity index (χ0v) is 16.1. The number of halogens is 1. The molecular weight excluding hydrogens is 394 g/mol. The number of guanidine groups is 1. The number of hydrogen-bond acceptors (Lipinski definition) is 5.